The van der Waals surface area contributed by atoms with E-state index in [-0.39, 0.29) is 35.6 Å². The van der Waals surface area contributed by atoms with Crippen molar-refractivity contribution in [3.05, 3.63) is 65.7 Å². The zero-order valence-corrected chi connectivity index (χ0v) is 18.4. The second-order valence-corrected chi connectivity index (χ2v) is 9.44. The van der Waals surface area contributed by atoms with Crippen LogP contribution in [0.1, 0.15) is 35.6 Å². The van der Waals surface area contributed by atoms with Crippen molar-refractivity contribution in [3.8, 4) is 0 Å². The van der Waals surface area contributed by atoms with Crippen LogP contribution in [0.25, 0.3) is 12.2 Å². The molecular formula is C22H24N4O5S. The maximum absolute atomic E-state index is 13.3. The molecule has 1 saturated heterocycles. The Hall–Kier alpha value is -3.24. The summed E-state index contributed by atoms with van der Waals surface area (Å²) < 4.78 is 38.5. The summed E-state index contributed by atoms with van der Waals surface area (Å²) in [6.07, 6.45) is 8.95. The molecule has 1 amide bonds. The van der Waals surface area contributed by atoms with E-state index >= 15 is 0 Å². The van der Waals surface area contributed by atoms with Crippen LogP contribution in [-0.4, -0.2) is 41.9 Å². The molecule has 1 N–H and O–H groups in total. The van der Waals surface area contributed by atoms with Gasteiger partial charge in [0.05, 0.1) is 6.26 Å². The number of pyridine rings is 1. The third-order valence-corrected chi connectivity index (χ3v) is 7.45. The Morgan fingerprint density at radius 2 is 2.06 bits per heavy atom. The van der Waals surface area contributed by atoms with Gasteiger partial charge in [0.1, 0.15) is 11.5 Å². The van der Waals surface area contributed by atoms with Crippen molar-refractivity contribution in [2.75, 3.05) is 13.1 Å². The van der Waals surface area contributed by atoms with E-state index in [0.29, 0.717) is 30.8 Å². The van der Waals surface area contributed by atoms with Crippen LogP contribution in [0.5, 0.6) is 0 Å². The number of nitrogens with zero attached hydrogens (tertiary/aromatic N) is 3. The van der Waals surface area contributed by atoms with Crippen LogP contribution in [0.2, 0.25) is 0 Å². The van der Waals surface area contributed by atoms with E-state index in [1.807, 2.05) is 12.1 Å². The van der Waals surface area contributed by atoms with Gasteiger partial charge in [-0.05, 0) is 55.7 Å². The van der Waals surface area contributed by atoms with Crippen molar-refractivity contribution in [2.45, 2.75) is 31.2 Å². The molecule has 3 aromatic rings. The smallest absolute Gasteiger partial charge is 0.248 e. The summed E-state index contributed by atoms with van der Waals surface area (Å²) in [5, 5.41) is 6.75. The van der Waals surface area contributed by atoms with E-state index < -0.39 is 10.0 Å². The summed E-state index contributed by atoms with van der Waals surface area (Å²) in [6, 6.07) is 7.19. The number of carbonyl (C=O) groups is 1. The third kappa shape index (κ3) is 4.81. The molecule has 1 aliphatic rings. The van der Waals surface area contributed by atoms with E-state index in [9.17, 15) is 13.2 Å². The first-order valence-corrected chi connectivity index (χ1v) is 11.7. The molecule has 10 heteroatoms. The Labute approximate surface area is 186 Å². The van der Waals surface area contributed by atoms with Crippen molar-refractivity contribution in [1.82, 2.24) is 19.8 Å². The van der Waals surface area contributed by atoms with Gasteiger partial charge in [0.15, 0.2) is 10.7 Å². The topological polar surface area (TPSA) is 119 Å². The molecule has 0 saturated carbocycles. The minimum Gasteiger partial charge on any atom is -0.465 e. The molecule has 0 radical (unpaired) electrons. The van der Waals surface area contributed by atoms with Crippen LogP contribution < -0.4 is 5.32 Å². The zero-order valence-electron chi connectivity index (χ0n) is 17.6. The molecule has 0 spiro atoms. The second kappa shape index (κ2) is 9.49. The van der Waals surface area contributed by atoms with Gasteiger partial charge in [0.2, 0.25) is 15.9 Å². The van der Waals surface area contributed by atoms with Gasteiger partial charge in [0.25, 0.3) is 0 Å². The maximum Gasteiger partial charge on any atom is 0.248 e. The largest absolute Gasteiger partial charge is 0.465 e. The minimum atomic E-state index is -3.82. The maximum atomic E-state index is 13.3. The summed E-state index contributed by atoms with van der Waals surface area (Å²) in [7, 11) is -3.82. The number of aromatic nitrogens is 2. The van der Waals surface area contributed by atoms with Crippen LogP contribution in [-0.2, 0) is 21.4 Å². The molecule has 4 rings (SSSR count). The number of amides is 1. The predicted octanol–water partition coefficient (Wildman–Crippen LogP) is 2.86. The van der Waals surface area contributed by atoms with Gasteiger partial charge in [-0.25, -0.2) is 8.42 Å². The van der Waals surface area contributed by atoms with Gasteiger partial charge >= 0.3 is 0 Å². The molecular weight excluding hydrogens is 432 g/mol. The molecule has 0 bridgehead atoms. The summed E-state index contributed by atoms with van der Waals surface area (Å²) >= 11 is 0. The Bertz CT molecular complexity index is 1180. The van der Waals surface area contributed by atoms with Crippen LogP contribution in [0, 0.1) is 12.8 Å². The molecule has 9 nitrogen and oxygen atoms in total. The molecule has 0 aromatic carbocycles. The summed E-state index contributed by atoms with van der Waals surface area (Å²) in [5.41, 5.74) is 1.21. The van der Waals surface area contributed by atoms with Gasteiger partial charge in [-0.3, -0.25) is 9.78 Å². The quantitative estimate of drug-likeness (QED) is 0.581. The zero-order chi connectivity index (χ0) is 22.6. The fourth-order valence-corrected chi connectivity index (χ4v) is 5.39. The number of nitrogens with one attached hydrogen (secondary N) is 1. The van der Waals surface area contributed by atoms with Crippen LogP contribution in [0.15, 0.2) is 56.8 Å². The fourth-order valence-electron chi connectivity index (χ4n) is 3.67. The predicted molar refractivity (Wildman–Crippen MR) is 116 cm³/mol. The van der Waals surface area contributed by atoms with E-state index in [0.717, 1.165) is 5.56 Å². The number of piperidine rings is 1. The van der Waals surface area contributed by atoms with Gasteiger partial charge in [0, 0.05) is 37.9 Å². The molecule has 32 heavy (non-hydrogen) atoms. The molecule has 0 unspecified atom stereocenters. The minimum absolute atomic E-state index is 0.0415. The molecule has 4 heterocycles. The van der Waals surface area contributed by atoms with Gasteiger partial charge in [-0.15, -0.1) is 0 Å². The number of hydrogen-bond donors (Lipinski definition) is 1. The van der Waals surface area contributed by atoms with Gasteiger partial charge in [-0.2, -0.15) is 4.31 Å². The molecule has 168 valence electrons. The van der Waals surface area contributed by atoms with E-state index in [2.05, 4.69) is 15.5 Å². The highest BCUT2D eigenvalue weighted by Crippen LogP contribution is 2.29. The number of rotatable bonds is 7. The first-order valence-electron chi connectivity index (χ1n) is 10.3. The average Bonchev–Trinajstić information content (AvgIpc) is 3.46. The van der Waals surface area contributed by atoms with Crippen molar-refractivity contribution < 1.29 is 22.2 Å². The second-order valence-electron chi connectivity index (χ2n) is 7.57. The average molecular weight is 457 g/mol. The SMILES string of the molecule is Cc1noc(/C=C/c2ccco2)c1S(=O)(=O)N1CCC(C(=O)NCc2cccnc2)CC1. The molecule has 1 fully saturated rings. The monoisotopic (exact) mass is 456 g/mol. The van der Waals surface area contributed by atoms with Crippen molar-refractivity contribution in [1.29, 1.82) is 0 Å². The van der Waals surface area contributed by atoms with Gasteiger partial charge in [-0.1, -0.05) is 11.2 Å². The molecule has 1 aliphatic heterocycles. The lowest BCUT2D eigenvalue weighted by molar-refractivity contribution is -0.126. The Morgan fingerprint density at radius 1 is 1.25 bits per heavy atom. The van der Waals surface area contributed by atoms with E-state index in [4.69, 9.17) is 8.94 Å². The van der Waals surface area contributed by atoms with Crippen LogP contribution >= 0.6 is 0 Å². The Kier molecular flexibility index (Phi) is 6.52. The van der Waals surface area contributed by atoms with Gasteiger partial charge < -0.3 is 14.3 Å². The van der Waals surface area contributed by atoms with E-state index in [1.165, 1.54) is 16.6 Å². The van der Waals surface area contributed by atoms with Crippen molar-refractivity contribution >= 4 is 28.1 Å². The number of hydrogen-bond acceptors (Lipinski definition) is 7. The number of sulfonamides is 1. The highest BCUT2D eigenvalue weighted by Gasteiger charge is 2.35. The number of furan rings is 1. The third-order valence-electron chi connectivity index (χ3n) is 5.39. The van der Waals surface area contributed by atoms with Crippen molar-refractivity contribution in [3.63, 3.8) is 0 Å². The Morgan fingerprint density at radius 3 is 2.75 bits per heavy atom. The lowest BCUT2D eigenvalue weighted by atomic mass is 9.97. The van der Waals surface area contributed by atoms with Crippen molar-refractivity contribution in [2.24, 2.45) is 5.92 Å². The lowest BCUT2D eigenvalue weighted by Gasteiger charge is -2.30. The summed E-state index contributed by atoms with van der Waals surface area (Å²) in [5.74, 6) is 0.407. The molecule has 0 atom stereocenters. The molecule has 0 aliphatic carbocycles. The highest BCUT2D eigenvalue weighted by atomic mass is 32.2. The highest BCUT2D eigenvalue weighted by molar-refractivity contribution is 7.89. The first-order chi connectivity index (χ1) is 15.4. The normalized spacial score (nSPS) is 15.9. The standard InChI is InChI=1S/C22H24N4O5S/c1-16-21(20(31-25-16)7-6-19-5-3-13-30-19)32(28,29)26-11-8-18(9-12-26)22(27)24-15-17-4-2-10-23-14-17/h2-7,10,13-14,18H,8-9,11-12,15H2,1H3,(H,24,27)/b7-6+. The summed E-state index contributed by atoms with van der Waals surface area (Å²) in [6.45, 7) is 2.49. The Balaban J connectivity index is 1.40. The summed E-state index contributed by atoms with van der Waals surface area (Å²) in [4.78, 5) is 16.6. The van der Waals surface area contributed by atoms with Crippen LogP contribution in [0.3, 0.4) is 0 Å². The van der Waals surface area contributed by atoms with Crippen LogP contribution in [0.4, 0.5) is 0 Å². The van der Waals surface area contributed by atoms with E-state index in [1.54, 1.807) is 37.5 Å². The first kappa shape index (κ1) is 22.0. The lowest BCUT2D eigenvalue weighted by Crippen LogP contribution is -2.43. The fraction of sp³-hybridized carbons (Fsp3) is 0.318. The number of aryl methyl sites for hydroxylation is 1. The number of carbonyl (C=O) groups excluding carboxylic acids is 1. The molecule has 3 aromatic heterocycles.